The van der Waals surface area contributed by atoms with Crippen LogP contribution in [0.4, 0.5) is 10.2 Å². The minimum atomic E-state index is -0.550. The van der Waals surface area contributed by atoms with Crippen LogP contribution in [0.2, 0.25) is 0 Å². The van der Waals surface area contributed by atoms with Crippen molar-refractivity contribution in [1.29, 1.82) is 0 Å². The molecular weight excluding hydrogens is 491 g/mol. The Morgan fingerprint density at radius 3 is 2.84 bits per heavy atom. The number of hydrogen-bond donors (Lipinski definition) is 2. The van der Waals surface area contributed by atoms with Gasteiger partial charge in [-0.1, -0.05) is 0 Å². The van der Waals surface area contributed by atoms with Crippen molar-refractivity contribution in [1.82, 2.24) is 24.8 Å². The number of anilines is 1. The molecule has 2 bridgehead atoms. The molecule has 6 rings (SSSR count). The molecule has 2 fully saturated rings. The van der Waals surface area contributed by atoms with Crippen LogP contribution in [-0.2, 0) is 4.79 Å². The summed E-state index contributed by atoms with van der Waals surface area (Å²) in [5.41, 5.74) is 2.39. The lowest BCUT2D eigenvalue weighted by atomic mass is 9.98. The maximum absolute atomic E-state index is 14.3. The fraction of sp³-hybridized carbons (Fsp3) is 0.481. The van der Waals surface area contributed by atoms with E-state index in [1.807, 2.05) is 24.1 Å². The summed E-state index contributed by atoms with van der Waals surface area (Å²) in [5.74, 6) is 0.147. The number of carbonyl (C=O) groups excluding carboxylic acids is 2. The van der Waals surface area contributed by atoms with Gasteiger partial charge in [0.05, 0.1) is 23.0 Å². The van der Waals surface area contributed by atoms with E-state index in [1.165, 1.54) is 18.2 Å². The van der Waals surface area contributed by atoms with Gasteiger partial charge in [0.1, 0.15) is 17.4 Å². The molecule has 3 aliphatic rings. The van der Waals surface area contributed by atoms with Crippen molar-refractivity contribution in [2.75, 3.05) is 44.8 Å². The van der Waals surface area contributed by atoms with Gasteiger partial charge in [-0.3, -0.25) is 9.59 Å². The van der Waals surface area contributed by atoms with Gasteiger partial charge in [-0.25, -0.2) is 9.37 Å². The molecule has 3 aromatic rings. The van der Waals surface area contributed by atoms with Crippen molar-refractivity contribution in [3.8, 4) is 5.75 Å². The van der Waals surface area contributed by atoms with Crippen LogP contribution in [0.15, 0.2) is 30.3 Å². The van der Waals surface area contributed by atoms with Gasteiger partial charge in [0.25, 0.3) is 11.8 Å². The molecule has 1 aromatic carbocycles. The van der Waals surface area contributed by atoms with E-state index < -0.39 is 5.82 Å². The zero-order chi connectivity index (χ0) is 26.4. The molecule has 2 amide bonds. The minimum absolute atomic E-state index is 0.0881. The van der Waals surface area contributed by atoms with Crippen molar-refractivity contribution < 1.29 is 23.8 Å². The zero-order valence-electron chi connectivity index (χ0n) is 21.3. The first-order valence-corrected chi connectivity index (χ1v) is 13.2. The third-order valence-corrected chi connectivity index (χ3v) is 7.78. The molecule has 2 N–H and O–H groups in total. The molecule has 1 saturated heterocycles. The number of likely N-dealkylation sites (N-methyl/N-ethyl adjacent to an activating group) is 1. The van der Waals surface area contributed by atoms with E-state index in [2.05, 4.69) is 5.32 Å². The number of piperidine rings is 1. The number of benzene rings is 1. The Kier molecular flexibility index (Phi) is 6.38. The molecule has 0 radical (unpaired) electrons. The lowest BCUT2D eigenvalue weighted by Crippen LogP contribution is -2.39. The summed E-state index contributed by atoms with van der Waals surface area (Å²) in [6.45, 7) is 1.22. The number of aliphatic hydroxyl groups is 1. The van der Waals surface area contributed by atoms with Crippen LogP contribution in [-0.4, -0.2) is 76.3 Å². The summed E-state index contributed by atoms with van der Waals surface area (Å²) < 4.78 is 21.7. The number of rotatable bonds is 2. The lowest BCUT2D eigenvalue weighted by molar-refractivity contribution is -0.123. The number of hydrogen-bond acceptors (Lipinski definition) is 7. The summed E-state index contributed by atoms with van der Waals surface area (Å²) in [6.07, 6.45) is 3.36. The van der Waals surface area contributed by atoms with Crippen molar-refractivity contribution >= 4 is 23.3 Å². The number of nitrogens with zero attached hydrogens (tertiary/aromatic N) is 5. The van der Waals surface area contributed by atoms with Crippen LogP contribution >= 0.6 is 0 Å². The zero-order valence-corrected chi connectivity index (χ0v) is 21.3. The molecular formula is C27H31FN6O4. The molecule has 4 heterocycles. The lowest BCUT2D eigenvalue weighted by Gasteiger charge is -2.35. The van der Waals surface area contributed by atoms with Gasteiger partial charge in [0.15, 0.2) is 12.3 Å². The van der Waals surface area contributed by atoms with E-state index in [0.717, 1.165) is 42.9 Å². The number of aliphatic hydroxyl groups excluding tert-OH is 1. The second kappa shape index (κ2) is 9.86. The van der Waals surface area contributed by atoms with E-state index in [4.69, 9.17) is 14.8 Å². The number of halogens is 1. The molecule has 11 heteroatoms. The van der Waals surface area contributed by atoms with Crippen molar-refractivity contribution in [2.45, 2.75) is 37.6 Å². The molecule has 10 nitrogen and oxygen atoms in total. The molecule has 3 atom stereocenters. The maximum atomic E-state index is 14.3. The van der Waals surface area contributed by atoms with Crippen LogP contribution in [0, 0.1) is 11.7 Å². The Morgan fingerprint density at radius 2 is 2.03 bits per heavy atom. The number of carbonyl (C=O) groups is 2. The Bertz CT molecular complexity index is 1390. The van der Waals surface area contributed by atoms with Crippen LogP contribution in [0.5, 0.6) is 5.75 Å². The number of ether oxygens (including phenoxy) is 1. The quantitative estimate of drug-likeness (QED) is 0.531. The Labute approximate surface area is 219 Å². The highest BCUT2D eigenvalue weighted by atomic mass is 19.1. The SMILES string of the molecule is CN1CCNC(=O)COc2ccc(F)cc2C(=O)N2CCCC[C@H]2c2cc3nc(C4CC4CO)cc1n3n2. The highest BCUT2D eigenvalue weighted by Crippen LogP contribution is 2.47. The van der Waals surface area contributed by atoms with Crippen molar-refractivity contribution in [3.05, 3.63) is 53.1 Å². The second-order valence-electron chi connectivity index (χ2n) is 10.4. The van der Waals surface area contributed by atoms with Crippen LogP contribution in [0.3, 0.4) is 0 Å². The van der Waals surface area contributed by atoms with Gasteiger partial charge in [0.2, 0.25) is 0 Å². The molecule has 1 aliphatic carbocycles. The first kappa shape index (κ1) is 24.6. The van der Waals surface area contributed by atoms with E-state index in [-0.39, 0.29) is 54.2 Å². The number of fused-ring (bicyclic) bond motifs is 4. The Balaban J connectivity index is 1.46. The topological polar surface area (TPSA) is 112 Å². The van der Waals surface area contributed by atoms with Crippen LogP contribution in [0.25, 0.3) is 5.65 Å². The van der Waals surface area contributed by atoms with Gasteiger partial charge in [0, 0.05) is 51.3 Å². The smallest absolute Gasteiger partial charge is 0.258 e. The van der Waals surface area contributed by atoms with Crippen molar-refractivity contribution in [2.24, 2.45) is 5.92 Å². The third kappa shape index (κ3) is 4.55. The average Bonchev–Trinajstić information content (AvgIpc) is 3.60. The van der Waals surface area contributed by atoms with Crippen molar-refractivity contribution in [3.63, 3.8) is 0 Å². The van der Waals surface area contributed by atoms with Gasteiger partial charge in [-0.2, -0.15) is 9.61 Å². The predicted octanol–water partition coefficient (Wildman–Crippen LogP) is 2.28. The average molecular weight is 523 g/mol. The van der Waals surface area contributed by atoms with E-state index in [9.17, 15) is 19.1 Å². The molecule has 2 unspecified atom stereocenters. The van der Waals surface area contributed by atoms with Crippen LogP contribution < -0.4 is 15.0 Å². The molecule has 1 saturated carbocycles. The number of nitrogens with one attached hydrogen (secondary N) is 1. The Morgan fingerprint density at radius 1 is 1.16 bits per heavy atom. The second-order valence-corrected chi connectivity index (χ2v) is 10.4. The van der Waals surface area contributed by atoms with Gasteiger partial charge in [-0.05, 0) is 49.8 Å². The molecule has 2 aromatic heterocycles. The van der Waals surface area contributed by atoms with Gasteiger partial charge < -0.3 is 25.0 Å². The minimum Gasteiger partial charge on any atom is -0.483 e. The summed E-state index contributed by atoms with van der Waals surface area (Å²) >= 11 is 0. The predicted molar refractivity (Wildman–Crippen MR) is 137 cm³/mol. The summed E-state index contributed by atoms with van der Waals surface area (Å²) in [6, 6.07) is 7.41. The molecule has 2 aliphatic heterocycles. The monoisotopic (exact) mass is 522 g/mol. The molecule has 200 valence electrons. The van der Waals surface area contributed by atoms with Crippen LogP contribution in [0.1, 0.15) is 59.4 Å². The maximum Gasteiger partial charge on any atom is 0.258 e. The normalized spacial score (nSPS) is 24.1. The highest BCUT2D eigenvalue weighted by Gasteiger charge is 2.40. The van der Waals surface area contributed by atoms with Gasteiger partial charge in [-0.15, -0.1) is 0 Å². The number of amides is 2. The summed E-state index contributed by atoms with van der Waals surface area (Å²) in [7, 11) is 1.93. The van der Waals surface area contributed by atoms with E-state index in [0.29, 0.717) is 25.3 Å². The van der Waals surface area contributed by atoms with Gasteiger partial charge >= 0.3 is 0 Å². The Hall–Kier alpha value is -3.73. The first-order valence-electron chi connectivity index (χ1n) is 13.2. The third-order valence-electron chi connectivity index (χ3n) is 7.78. The standard InChI is InChI=1S/C27H31FN6O4/c1-32-9-7-29-25(36)15-38-23-6-5-17(28)11-19(23)27(37)33-8-3-2-4-22(33)21-12-24-30-20(18-10-16(18)14-35)13-26(32)34(24)31-21/h5-6,11-13,16,18,22,35H,2-4,7-10,14-15H2,1H3,(H,29,36)/t16?,18?,22-/m0/s1. The molecule has 0 spiro atoms. The van der Waals surface area contributed by atoms with E-state index in [1.54, 1.807) is 9.42 Å². The molecule has 38 heavy (non-hydrogen) atoms. The first-order chi connectivity index (χ1) is 18.4. The highest BCUT2D eigenvalue weighted by molar-refractivity contribution is 5.97. The van der Waals surface area contributed by atoms with E-state index >= 15 is 0 Å². The fourth-order valence-corrected chi connectivity index (χ4v) is 5.54. The summed E-state index contributed by atoms with van der Waals surface area (Å²) in [5, 5.41) is 17.4. The summed E-state index contributed by atoms with van der Waals surface area (Å²) in [4.78, 5) is 34.9. The number of aromatic nitrogens is 3. The fourth-order valence-electron chi connectivity index (χ4n) is 5.54. The largest absolute Gasteiger partial charge is 0.483 e.